The van der Waals surface area contributed by atoms with Gasteiger partial charge >= 0.3 is 6.18 Å². The Morgan fingerprint density at radius 2 is 1.77 bits per heavy atom. The van der Waals surface area contributed by atoms with Crippen molar-refractivity contribution in [2.24, 2.45) is 0 Å². The first-order valence-electron chi connectivity index (χ1n) is 9.63. The second kappa shape index (κ2) is 11.6. The van der Waals surface area contributed by atoms with Gasteiger partial charge in [0, 0.05) is 6.54 Å². The van der Waals surface area contributed by atoms with Crippen LogP contribution in [0.25, 0.3) is 0 Å². The summed E-state index contributed by atoms with van der Waals surface area (Å²) >= 11 is 1.55. The average molecular weight is 455 g/mol. The van der Waals surface area contributed by atoms with Crippen molar-refractivity contribution >= 4 is 23.6 Å². The van der Waals surface area contributed by atoms with E-state index in [2.05, 4.69) is 10.6 Å². The molecule has 9 heteroatoms. The van der Waals surface area contributed by atoms with Crippen LogP contribution >= 0.6 is 11.8 Å². The Labute approximate surface area is 183 Å². The number of carbonyl (C=O) groups is 2. The summed E-state index contributed by atoms with van der Waals surface area (Å²) in [5.41, 5.74) is 0.292. The van der Waals surface area contributed by atoms with Gasteiger partial charge in [0.1, 0.15) is 11.8 Å². The number of para-hydroxylation sites is 1. The van der Waals surface area contributed by atoms with Gasteiger partial charge in [-0.3, -0.25) is 9.59 Å². The van der Waals surface area contributed by atoms with E-state index in [4.69, 9.17) is 4.74 Å². The van der Waals surface area contributed by atoms with Crippen molar-refractivity contribution in [3.8, 4) is 5.75 Å². The van der Waals surface area contributed by atoms with Crippen LogP contribution in [-0.4, -0.2) is 43.5 Å². The van der Waals surface area contributed by atoms with Crippen LogP contribution in [0.1, 0.15) is 27.9 Å². The Bertz CT molecular complexity index is 873. The van der Waals surface area contributed by atoms with Crippen molar-refractivity contribution in [3.63, 3.8) is 0 Å². The SMILES string of the molecule is COc1ccccc1C(=O)N[C@H](CCSC)C(=O)NCCc1ccc(C(F)(F)F)cc1. The molecule has 2 aromatic carbocycles. The van der Waals surface area contributed by atoms with E-state index in [1.807, 2.05) is 6.26 Å². The highest BCUT2D eigenvalue weighted by molar-refractivity contribution is 7.98. The van der Waals surface area contributed by atoms with Gasteiger partial charge in [-0.1, -0.05) is 24.3 Å². The fraction of sp³-hybridized carbons (Fsp3) is 0.364. The molecule has 0 fully saturated rings. The number of thioether (sulfide) groups is 1. The molecular formula is C22H25F3N2O3S. The Morgan fingerprint density at radius 3 is 2.39 bits per heavy atom. The zero-order valence-corrected chi connectivity index (χ0v) is 18.1. The smallest absolute Gasteiger partial charge is 0.416 e. The fourth-order valence-corrected chi connectivity index (χ4v) is 3.36. The fourth-order valence-electron chi connectivity index (χ4n) is 2.89. The molecule has 0 aliphatic carbocycles. The van der Waals surface area contributed by atoms with Crippen molar-refractivity contribution < 1.29 is 27.5 Å². The van der Waals surface area contributed by atoms with Gasteiger partial charge in [0.15, 0.2) is 0 Å². The molecule has 0 unspecified atom stereocenters. The third-order valence-electron chi connectivity index (χ3n) is 4.58. The minimum absolute atomic E-state index is 0.241. The van der Waals surface area contributed by atoms with Crippen molar-refractivity contribution in [2.45, 2.75) is 25.1 Å². The summed E-state index contributed by atoms with van der Waals surface area (Å²) in [6.07, 6.45) is -1.66. The number of benzene rings is 2. The molecule has 1 atom stereocenters. The van der Waals surface area contributed by atoms with E-state index < -0.39 is 23.7 Å². The third kappa shape index (κ3) is 7.50. The van der Waals surface area contributed by atoms with E-state index in [0.717, 1.165) is 12.1 Å². The summed E-state index contributed by atoms with van der Waals surface area (Å²) in [7, 11) is 1.46. The minimum Gasteiger partial charge on any atom is -0.496 e. The number of methoxy groups -OCH3 is 1. The summed E-state index contributed by atoms with van der Waals surface area (Å²) in [5, 5.41) is 5.50. The molecule has 0 aliphatic rings. The molecule has 0 aliphatic heterocycles. The van der Waals surface area contributed by atoms with Crippen LogP contribution in [0.5, 0.6) is 5.75 Å². The van der Waals surface area contributed by atoms with Crippen LogP contribution in [0.4, 0.5) is 13.2 Å². The highest BCUT2D eigenvalue weighted by Crippen LogP contribution is 2.29. The molecule has 31 heavy (non-hydrogen) atoms. The number of hydrogen-bond acceptors (Lipinski definition) is 4. The van der Waals surface area contributed by atoms with Crippen LogP contribution in [0.2, 0.25) is 0 Å². The van der Waals surface area contributed by atoms with E-state index >= 15 is 0 Å². The summed E-state index contributed by atoms with van der Waals surface area (Å²) in [4.78, 5) is 25.3. The Balaban J connectivity index is 1.95. The van der Waals surface area contributed by atoms with Gasteiger partial charge in [0.05, 0.1) is 18.2 Å². The van der Waals surface area contributed by atoms with E-state index in [9.17, 15) is 22.8 Å². The minimum atomic E-state index is -4.38. The lowest BCUT2D eigenvalue weighted by molar-refractivity contribution is -0.137. The summed E-state index contributed by atoms with van der Waals surface area (Å²) < 4.78 is 43.1. The van der Waals surface area contributed by atoms with E-state index in [-0.39, 0.29) is 12.5 Å². The summed E-state index contributed by atoms with van der Waals surface area (Å²) in [5.74, 6) is 0.320. The molecule has 0 heterocycles. The number of hydrogen-bond donors (Lipinski definition) is 2. The second-order valence-corrected chi connectivity index (χ2v) is 7.73. The van der Waals surface area contributed by atoms with Crippen LogP contribution in [0.15, 0.2) is 48.5 Å². The maximum atomic E-state index is 12.6. The topological polar surface area (TPSA) is 67.4 Å². The number of alkyl halides is 3. The van der Waals surface area contributed by atoms with Gasteiger partial charge in [-0.05, 0) is 54.7 Å². The molecule has 2 N–H and O–H groups in total. The third-order valence-corrected chi connectivity index (χ3v) is 5.22. The molecule has 5 nitrogen and oxygen atoms in total. The molecule has 2 rings (SSSR count). The van der Waals surface area contributed by atoms with E-state index in [1.165, 1.54) is 19.2 Å². The molecule has 0 saturated heterocycles. The first kappa shape index (κ1) is 24.6. The lowest BCUT2D eigenvalue weighted by Gasteiger charge is -2.19. The molecular weight excluding hydrogens is 429 g/mol. The maximum absolute atomic E-state index is 12.6. The molecule has 0 radical (unpaired) electrons. The van der Waals surface area contributed by atoms with Gasteiger partial charge in [-0.2, -0.15) is 24.9 Å². The first-order chi connectivity index (χ1) is 14.8. The highest BCUT2D eigenvalue weighted by atomic mass is 32.2. The average Bonchev–Trinajstić information content (AvgIpc) is 2.76. The zero-order chi connectivity index (χ0) is 22.9. The standard InChI is InChI=1S/C22H25F3N2O3S/c1-30-19-6-4-3-5-17(19)20(28)27-18(12-14-31-2)21(29)26-13-11-15-7-9-16(10-8-15)22(23,24)25/h3-10,18H,11-14H2,1-2H3,(H,26,29)(H,27,28)/t18-/m1/s1. The number of carbonyl (C=O) groups excluding carboxylic acids is 2. The first-order valence-corrected chi connectivity index (χ1v) is 11.0. The molecule has 0 saturated carbocycles. The van der Waals surface area contributed by atoms with Crippen molar-refractivity contribution in [1.82, 2.24) is 10.6 Å². The molecule has 2 aromatic rings. The Hall–Kier alpha value is -2.68. The summed E-state index contributed by atoms with van der Waals surface area (Å²) in [6, 6.07) is 10.8. The van der Waals surface area contributed by atoms with Crippen molar-refractivity contribution in [3.05, 3.63) is 65.2 Å². The van der Waals surface area contributed by atoms with E-state index in [0.29, 0.717) is 35.5 Å². The highest BCUT2D eigenvalue weighted by Gasteiger charge is 2.30. The van der Waals surface area contributed by atoms with Gasteiger partial charge in [0.2, 0.25) is 5.91 Å². The van der Waals surface area contributed by atoms with Gasteiger partial charge in [-0.25, -0.2) is 0 Å². The number of ether oxygens (including phenoxy) is 1. The van der Waals surface area contributed by atoms with Crippen molar-refractivity contribution in [2.75, 3.05) is 25.7 Å². The quantitative estimate of drug-likeness (QED) is 0.571. The van der Waals surface area contributed by atoms with Crippen LogP contribution in [0.3, 0.4) is 0 Å². The monoisotopic (exact) mass is 454 g/mol. The summed E-state index contributed by atoms with van der Waals surface area (Å²) in [6.45, 7) is 0.241. The number of nitrogens with one attached hydrogen (secondary N) is 2. The lowest BCUT2D eigenvalue weighted by Crippen LogP contribution is -2.47. The number of rotatable bonds is 10. The van der Waals surface area contributed by atoms with Gasteiger partial charge in [-0.15, -0.1) is 0 Å². The molecule has 168 valence electrons. The molecule has 0 spiro atoms. The van der Waals surface area contributed by atoms with Gasteiger partial charge in [0.25, 0.3) is 5.91 Å². The largest absolute Gasteiger partial charge is 0.496 e. The Morgan fingerprint density at radius 1 is 1.10 bits per heavy atom. The van der Waals surface area contributed by atoms with E-state index in [1.54, 1.807) is 36.0 Å². The van der Waals surface area contributed by atoms with Gasteiger partial charge < -0.3 is 15.4 Å². The zero-order valence-electron chi connectivity index (χ0n) is 17.3. The number of halogens is 3. The molecule has 0 bridgehead atoms. The molecule has 0 aromatic heterocycles. The van der Waals surface area contributed by atoms with Crippen LogP contribution in [0, 0.1) is 0 Å². The lowest BCUT2D eigenvalue weighted by atomic mass is 10.1. The normalized spacial score (nSPS) is 12.2. The predicted octanol–water partition coefficient (Wildman–Crippen LogP) is 3.92. The van der Waals surface area contributed by atoms with Crippen LogP contribution < -0.4 is 15.4 Å². The van der Waals surface area contributed by atoms with Crippen LogP contribution in [-0.2, 0) is 17.4 Å². The van der Waals surface area contributed by atoms with Crippen molar-refractivity contribution in [1.29, 1.82) is 0 Å². The Kier molecular flexibility index (Phi) is 9.23. The second-order valence-electron chi connectivity index (χ2n) is 6.74. The number of amides is 2. The molecule has 2 amide bonds. The maximum Gasteiger partial charge on any atom is 0.416 e. The predicted molar refractivity (Wildman–Crippen MR) is 115 cm³/mol.